The first-order chi connectivity index (χ1) is 12.8. The Hall–Kier alpha value is -2.57. The number of thioether (sulfide) groups is 1. The number of rotatable bonds is 6. The number of nitrogens with zero attached hydrogens (tertiary/aromatic N) is 3. The van der Waals surface area contributed by atoms with Crippen LogP contribution < -0.4 is 4.74 Å². The van der Waals surface area contributed by atoms with E-state index in [0.717, 1.165) is 33.0 Å². The molecule has 2 aromatic heterocycles. The van der Waals surface area contributed by atoms with Crippen LogP contribution in [0.4, 0.5) is 0 Å². The standard InChI is InChI=1S/C20H17N3OS2/c1-24-17-11-9-16(10-12-17)23-19(18-8-5-13-25-18)21-22-20(23)26-14-15-6-3-2-4-7-15/h2-13H,14H2,1H3. The minimum absolute atomic E-state index is 0.831. The zero-order valence-electron chi connectivity index (χ0n) is 14.2. The molecule has 0 aliphatic carbocycles. The Balaban J connectivity index is 1.71. The van der Waals surface area contributed by atoms with Crippen LogP contribution in [0.5, 0.6) is 5.75 Å². The number of thiophene rings is 1. The van der Waals surface area contributed by atoms with Gasteiger partial charge in [-0.05, 0) is 41.3 Å². The van der Waals surface area contributed by atoms with E-state index in [1.165, 1.54) is 5.56 Å². The van der Waals surface area contributed by atoms with Crippen LogP contribution >= 0.6 is 23.1 Å². The number of benzene rings is 2. The van der Waals surface area contributed by atoms with Crippen molar-refractivity contribution in [1.82, 2.24) is 14.8 Å². The third-order valence-electron chi connectivity index (χ3n) is 3.92. The van der Waals surface area contributed by atoms with Gasteiger partial charge in [0.05, 0.1) is 17.7 Å². The number of methoxy groups -OCH3 is 1. The van der Waals surface area contributed by atoms with Crippen molar-refractivity contribution in [2.45, 2.75) is 10.9 Å². The summed E-state index contributed by atoms with van der Waals surface area (Å²) in [6, 6.07) is 22.5. The lowest BCUT2D eigenvalue weighted by molar-refractivity contribution is 0.414. The van der Waals surface area contributed by atoms with Gasteiger partial charge in [-0.25, -0.2) is 0 Å². The van der Waals surface area contributed by atoms with Crippen molar-refractivity contribution in [2.75, 3.05) is 7.11 Å². The summed E-state index contributed by atoms with van der Waals surface area (Å²) in [6.45, 7) is 0. The van der Waals surface area contributed by atoms with Gasteiger partial charge in [0.1, 0.15) is 5.75 Å². The minimum atomic E-state index is 0.831. The molecule has 0 spiro atoms. The zero-order chi connectivity index (χ0) is 17.8. The zero-order valence-corrected chi connectivity index (χ0v) is 15.8. The van der Waals surface area contributed by atoms with E-state index in [1.807, 2.05) is 36.4 Å². The van der Waals surface area contributed by atoms with Gasteiger partial charge in [-0.15, -0.1) is 21.5 Å². The van der Waals surface area contributed by atoms with E-state index in [-0.39, 0.29) is 0 Å². The van der Waals surface area contributed by atoms with E-state index in [9.17, 15) is 0 Å². The van der Waals surface area contributed by atoms with Crippen LogP contribution in [-0.4, -0.2) is 21.9 Å². The van der Waals surface area contributed by atoms with Crippen LogP contribution in [0.2, 0.25) is 0 Å². The first-order valence-electron chi connectivity index (χ1n) is 8.15. The van der Waals surface area contributed by atoms with E-state index in [2.05, 4.69) is 50.5 Å². The number of ether oxygens (including phenoxy) is 1. The number of hydrogen-bond donors (Lipinski definition) is 0. The molecule has 0 aliphatic rings. The minimum Gasteiger partial charge on any atom is -0.497 e. The summed E-state index contributed by atoms with van der Waals surface area (Å²) in [5.41, 5.74) is 2.29. The van der Waals surface area contributed by atoms with E-state index in [4.69, 9.17) is 4.74 Å². The molecule has 0 atom stereocenters. The van der Waals surface area contributed by atoms with E-state index >= 15 is 0 Å². The van der Waals surface area contributed by atoms with Gasteiger partial charge >= 0.3 is 0 Å². The van der Waals surface area contributed by atoms with Gasteiger partial charge in [0.15, 0.2) is 11.0 Å². The average Bonchev–Trinajstić information content (AvgIpc) is 3.37. The Labute approximate surface area is 160 Å². The van der Waals surface area contributed by atoms with E-state index in [0.29, 0.717) is 0 Å². The summed E-state index contributed by atoms with van der Waals surface area (Å²) in [7, 11) is 1.67. The summed E-state index contributed by atoms with van der Waals surface area (Å²) in [5.74, 6) is 2.54. The molecule has 4 nitrogen and oxygen atoms in total. The molecule has 0 aliphatic heterocycles. The molecule has 0 bridgehead atoms. The van der Waals surface area contributed by atoms with Crippen LogP contribution in [0.1, 0.15) is 5.56 Å². The van der Waals surface area contributed by atoms with Gasteiger partial charge in [0.25, 0.3) is 0 Å². The molecule has 26 heavy (non-hydrogen) atoms. The SMILES string of the molecule is COc1ccc(-n2c(SCc3ccccc3)nnc2-c2cccs2)cc1. The highest BCUT2D eigenvalue weighted by Gasteiger charge is 2.17. The van der Waals surface area contributed by atoms with Gasteiger partial charge in [0, 0.05) is 5.75 Å². The molecule has 0 radical (unpaired) electrons. The summed E-state index contributed by atoms with van der Waals surface area (Å²) in [5, 5.41) is 11.9. The second kappa shape index (κ2) is 7.76. The molecule has 6 heteroatoms. The van der Waals surface area contributed by atoms with Crippen molar-refractivity contribution in [3.63, 3.8) is 0 Å². The monoisotopic (exact) mass is 379 g/mol. The predicted molar refractivity (Wildman–Crippen MR) is 107 cm³/mol. The van der Waals surface area contributed by atoms with Gasteiger partial charge in [0.2, 0.25) is 0 Å². The fourth-order valence-electron chi connectivity index (χ4n) is 2.61. The molecule has 130 valence electrons. The van der Waals surface area contributed by atoms with Crippen LogP contribution in [0.25, 0.3) is 16.4 Å². The Bertz CT molecular complexity index is 964. The molecular weight excluding hydrogens is 362 g/mol. The Kier molecular flexibility index (Phi) is 5.04. The summed E-state index contributed by atoms with van der Waals surface area (Å²) < 4.78 is 7.39. The smallest absolute Gasteiger partial charge is 0.196 e. The second-order valence-electron chi connectivity index (χ2n) is 5.59. The quantitative estimate of drug-likeness (QED) is 0.426. The van der Waals surface area contributed by atoms with Crippen molar-refractivity contribution in [3.8, 4) is 22.1 Å². The second-order valence-corrected chi connectivity index (χ2v) is 7.48. The maximum absolute atomic E-state index is 5.28. The molecular formula is C20H17N3OS2. The molecule has 4 rings (SSSR count). The molecule has 2 aromatic carbocycles. The molecule has 2 heterocycles. The summed E-state index contributed by atoms with van der Waals surface area (Å²) in [4.78, 5) is 1.10. The molecule has 0 amide bonds. The molecule has 0 saturated heterocycles. The maximum atomic E-state index is 5.28. The molecule has 0 N–H and O–H groups in total. The predicted octanol–water partition coefficient (Wildman–Crippen LogP) is 5.30. The van der Waals surface area contributed by atoms with Crippen molar-refractivity contribution >= 4 is 23.1 Å². The first kappa shape index (κ1) is 16.9. The average molecular weight is 380 g/mol. The fourth-order valence-corrected chi connectivity index (χ4v) is 4.22. The third kappa shape index (κ3) is 3.52. The number of aromatic nitrogens is 3. The van der Waals surface area contributed by atoms with Crippen LogP contribution in [0.15, 0.2) is 77.3 Å². The van der Waals surface area contributed by atoms with Crippen LogP contribution in [-0.2, 0) is 5.75 Å². The van der Waals surface area contributed by atoms with Gasteiger partial charge < -0.3 is 4.74 Å². The molecule has 0 unspecified atom stereocenters. The maximum Gasteiger partial charge on any atom is 0.196 e. The molecule has 0 fully saturated rings. The van der Waals surface area contributed by atoms with Crippen molar-refractivity contribution in [1.29, 1.82) is 0 Å². The van der Waals surface area contributed by atoms with Crippen molar-refractivity contribution < 1.29 is 4.74 Å². The topological polar surface area (TPSA) is 39.9 Å². The summed E-state index contributed by atoms with van der Waals surface area (Å²) in [6.07, 6.45) is 0. The normalized spacial score (nSPS) is 10.8. The van der Waals surface area contributed by atoms with Crippen LogP contribution in [0, 0.1) is 0 Å². The van der Waals surface area contributed by atoms with Crippen molar-refractivity contribution in [3.05, 3.63) is 77.7 Å². The highest BCUT2D eigenvalue weighted by Crippen LogP contribution is 2.32. The van der Waals surface area contributed by atoms with Crippen LogP contribution in [0.3, 0.4) is 0 Å². The lowest BCUT2D eigenvalue weighted by atomic mass is 10.2. The highest BCUT2D eigenvalue weighted by atomic mass is 32.2. The van der Waals surface area contributed by atoms with E-state index in [1.54, 1.807) is 30.2 Å². The Morgan fingerprint density at radius 3 is 2.46 bits per heavy atom. The van der Waals surface area contributed by atoms with Gasteiger partial charge in [-0.3, -0.25) is 4.57 Å². The Morgan fingerprint density at radius 2 is 1.77 bits per heavy atom. The van der Waals surface area contributed by atoms with Crippen molar-refractivity contribution in [2.24, 2.45) is 0 Å². The number of hydrogen-bond acceptors (Lipinski definition) is 5. The largest absolute Gasteiger partial charge is 0.497 e. The third-order valence-corrected chi connectivity index (χ3v) is 5.78. The lowest BCUT2D eigenvalue weighted by Gasteiger charge is -2.10. The van der Waals surface area contributed by atoms with Gasteiger partial charge in [-0.1, -0.05) is 48.2 Å². The Morgan fingerprint density at radius 1 is 0.962 bits per heavy atom. The lowest BCUT2D eigenvalue weighted by Crippen LogP contribution is -1.99. The van der Waals surface area contributed by atoms with Gasteiger partial charge in [-0.2, -0.15) is 0 Å². The first-order valence-corrected chi connectivity index (χ1v) is 10.0. The fraction of sp³-hybridized carbons (Fsp3) is 0.100. The summed E-state index contributed by atoms with van der Waals surface area (Å²) >= 11 is 3.35. The molecule has 4 aromatic rings. The molecule has 0 saturated carbocycles. The van der Waals surface area contributed by atoms with E-state index < -0.39 is 0 Å². The highest BCUT2D eigenvalue weighted by molar-refractivity contribution is 7.98.